The highest BCUT2D eigenvalue weighted by atomic mass is 27.2. The van der Waals surface area contributed by atoms with Gasteiger partial charge in [0.1, 0.15) is 0 Å². The van der Waals surface area contributed by atoms with E-state index >= 15 is 0 Å². The van der Waals surface area contributed by atoms with Gasteiger partial charge in [-0.2, -0.15) is 0 Å². The van der Waals surface area contributed by atoms with Gasteiger partial charge in [0.25, 0.3) is 0 Å². The zero-order chi connectivity index (χ0) is 7.82. The lowest BCUT2D eigenvalue weighted by Gasteiger charge is -1.96. The molecule has 0 aromatic heterocycles. The van der Waals surface area contributed by atoms with E-state index in [2.05, 4.69) is 18.2 Å². The second-order valence-corrected chi connectivity index (χ2v) is 4.50. The van der Waals surface area contributed by atoms with Crippen LogP contribution in [0.1, 0.15) is 0 Å². The summed E-state index contributed by atoms with van der Waals surface area (Å²) in [5.41, 5.74) is 0. The van der Waals surface area contributed by atoms with Gasteiger partial charge >= 0.3 is 14.5 Å². The van der Waals surface area contributed by atoms with E-state index in [0.717, 1.165) is 0 Å². The van der Waals surface area contributed by atoms with Crippen LogP contribution in [0.4, 0.5) is 0 Å². The molecule has 0 amide bonds. The Balaban J connectivity index is 3.37. The lowest BCUT2D eigenvalue weighted by molar-refractivity contribution is 0.501. The number of rotatable bonds is 4. The Bertz CT molecular complexity index is 136. The van der Waals surface area contributed by atoms with Gasteiger partial charge in [-0.25, -0.2) is 0 Å². The molecule has 0 bridgehead atoms. The molecule has 54 valence electrons. The van der Waals surface area contributed by atoms with Crippen molar-refractivity contribution in [2.45, 2.75) is 11.6 Å². The molecule has 0 atom stereocenters. The molecule has 0 N–H and O–H groups in total. The van der Waals surface area contributed by atoms with Crippen molar-refractivity contribution in [1.29, 1.82) is 0 Å². The van der Waals surface area contributed by atoms with E-state index < -0.39 is 14.5 Å². The van der Waals surface area contributed by atoms with Crippen molar-refractivity contribution in [2.24, 2.45) is 0 Å². The molecule has 2 heteroatoms. The van der Waals surface area contributed by atoms with Gasteiger partial charge in [-0.3, -0.25) is 0 Å². The zero-order valence-corrected chi connectivity index (χ0v) is 7.73. The maximum Gasteiger partial charge on any atom is 0.539 e. The molecular weight excluding hydrogens is 139 g/mol. The summed E-state index contributed by atoms with van der Waals surface area (Å²) in [4.78, 5) is 0. The summed E-state index contributed by atoms with van der Waals surface area (Å²) in [6.07, 6.45) is 9.09. The van der Waals surface area contributed by atoms with E-state index in [1.165, 1.54) is 0 Å². The molecule has 0 aromatic carbocycles. The average Bonchev–Trinajstić information content (AvgIpc) is 1.87. The minimum atomic E-state index is -0.869. The van der Waals surface area contributed by atoms with Crippen molar-refractivity contribution in [3.63, 3.8) is 0 Å². The predicted molar refractivity (Wildman–Crippen MR) is 47.0 cm³/mol. The van der Waals surface area contributed by atoms with Crippen LogP contribution in [-0.2, 0) is 3.79 Å². The van der Waals surface area contributed by atoms with Gasteiger partial charge in [-0.1, -0.05) is 36.4 Å². The van der Waals surface area contributed by atoms with Crippen LogP contribution < -0.4 is 0 Å². The van der Waals surface area contributed by atoms with Crippen molar-refractivity contribution in [3.8, 4) is 0 Å². The fraction of sp³-hybridized carbons (Fsp3) is 0.250. The van der Waals surface area contributed by atoms with E-state index in [9.17, 15) is 0 Å². The lowest BCUT2D eigenvalue weighted by Crippen LogP contribution is -2.00. The molecule has 0 fully saturated rings. The summed E-state index contributed by atoms with van der Waals surface area (Å²) in [5.74, 6) is 4.25. The maximum absolute atomic E-state index is 5.26. The van der Waals surface area contributed by atoms with E-state index in [-0.39, 0.29) is 0 Å². The molecule has 0 heterocycles. The Hall–Kier alpha value is -0.448. The zero-order valence-electron chi connectivity index (χ0n) is 6.58. The van der Waals surface area contributed by atoms with E-state index in [4.69, 9.17) is 3.79 Å². The molecule has 0 radical (unpaired) electrons. The van der Waals surface area contributed by atoms with Crippen molar-refractivity contribution >= 4 is 14.5 Å². The van der Waals surface area contributed by atoms with Gasteiger partial charge in [-0.15, -0.1) is 0 Å². The Morgan fingerprint density at radius 3 is 2.40 bits per heavy atom. The molecule has 1 nitrogen and oxygen atoms in total. The van der Waals surface area contributed by atoms with E-state index in [0.29, 0.717) is 0 Å². The number of hydrogen-bond donors (Lipinski definition) is 0. The van der Waals surface area contributed by atoms with E-state index in [1.807, 2.05) is 18.2 Å². The largest absolute Gasteiger partial charge is 0.648 e. The van der Waals surface area contributed by atoms with Gasteiger partial charge in [0.2, 0.25) is 0 Å². The van der Waals surface area contributed by atoms with Gasteiger partial charge in [0.05, 0.1) is 0 Å². The third-order valence-corrected chi connectivity index (χ3v) is 1.49. The molecule has 0 spiro atoms. The van der Waals surface area contributed by atoms with Crippen LogP contribution in [-0.4, -0.2) is 14.5 Å². The Kier molecular flexibility index (Phi) is 6.37. The summed E-state index contributed by atoms with van der Waals surface area (Å²) in [7, 11) is 0. The number of allylic oxidation sites excluding steroid dienone is 4. The van der Waals surface area contributed by atoms with Crippen LogP contribution in [0.15, 0.2) is 37.1 Å². The number of hydrogen-bond acceptors (Lipinski definition) is 1. The average molecular weight is 152 g/mol. The van der Waals surface area contributed by atoms with E-state index in [1.54, 1.807) is 12.3 Å². The molecule has 0 aliphatic heterocycles. The van der Waals surface area contributed by atoms with Crippen LogP contribution >= 0.6 is 0 Å². The minimum Gasteiger partial charge on any atom is -0.648 e. The summed E-state index contributed by atoms with van der Waals surface area (Å²) in [6, 6.07) is 0. The fourth-order valence-electron chi connectivity index (χ4n) is 0.391. The fourth-order valence-corrected chi connectivity index (χ4v) is 0.796. The quantitative estimate of drug-likeness (QED) is 0.341. The molecule has 0 aromatic rings. The Labute approximate surface area is 67.4 Å². The summed E-state index contributed by atoms with van der Waals surface area (Å²) >= 11 is -0.869. The normalized spacial score (nSPS) is 10.6. The predicted octanol–water partition coefficient (Wildman–Crippen LogP) is 2.51. The first-order valence-corrected chi connectivity index (χ1v) is 6.15. The molecule has 0 saturated carbocycles. The first-order valence-electron chi connectivity index (χ1n) is 3.37. The topological polar surface area (TPSA) is 9.23 Å². The van der Waals surface area contributed by atoms with Crippen LogP contribution in [0.25, 0.3) is 0 Å². The molecule has 0 unspecified atom stereocenters. The van der Waals surface area contributed by atoms with Crippen LogP contribution in [0.5, 0.6) is 0 Å². The van der Waals surface area contributed by atoms with Crippen molar-refractivity contribution in [1.82, 2.24) is 0 Å². The highest BCUT2D eigenvalue weighted by Crippen LogP contribution is 1.85. The molecule has 10 heavy (non-hydrogen) atoms. The monoisotopic (exact) mass is 152 g/mol. The van der Waals surface area contributed by atoms with Crippen molar-refractivity contribution < 1.29 is 3.79 Å². The molecule has 0 aliphatic carbocycles. The van der Waals surface area contributed by atoms with Crippen molar-refractivity contribution in [2.75, 3.05) is 0 Å². The third kappa shape index (κ3) is 7.55. The standard InChI is InChI=1S/C6H8O.2CH3.Al/c1-2-3-4-5-6-7;;;/h2-7H,1H2;2*1H3;/q;;;+1/p-1/b4-3+,6-5+;;;. The molecule has 0 saturated heterocycles. The first-order chi connectivity index (χ1) is 4.77. The van der Waals surface area contributed by atoms with Gasteiger partial charge in [0.15, 0.2) is 0 Å². The van der Waals surface area contributed by atoms with Crippen LogP contribution in [0.3, 0.4) is 0 Å². The van der Waals surface area contributed by atoms with Crippen molar-refractivity contribution in [3.05, 3.63) is 37.1 Å². The van der Waals surface area contributed by atoms with Gasteiger partial charge in [-0.05, 0) is 6.08 Å². The smallest absolute Gasteiger partial charge is 0.539 e. The second kappa shape index (κ2) is 6.67. The third-order valence-electron chi connectivity index (χ3n) is 0.788. The SMILES string of the molecule is C=C/C=C/C=C/[O][Al]([CH3])[CH3]. The highest BCUT2D eigenvalue weighted by Gasteiger charge is 2.00. The first kappa shape index (κ1) is 9.55. The van der Waals surface area contributed by atoms with Gasteiger partial charge in [0, 0.05) is 6.26 Å². The Morgan fingerprint density at radius 2 is 1.90 bits per heavy atom. The summed E-state index contributed by atoms with van der Waals surface area (Å²) < 4.78 is 5.26. The molecular formula is C8H13AlO. The molecule has 0 aliphatic rings. The summed E-state index contributed by atoms with van der Waals surface area (Å²) in [6.45, 7) is 3.54. The van der Waals surface area contributed by atoms with Crippen LogP contribution in [0, 0.1) is 0 Å². The summed E-state index contributed by atoms with van der Waals surface area (Å²) in [5, 5.41) is 0. The highest BCUT2D eigenvalue weighted by molar-refractivity contribution is 6.48. The Morgan fingerprint density at radius 1 is 1.20 bits per heavy atom. The molecule has 0 rings (SSSR count). The second-order valence-electron chi connectivity index (χ2n) is 2.13. The maximum atomic E-state index is 5.26. The van der Waals surface area contributed by atoms with Crippen LogP contribution in [0.2, 0.25) is 11.6 Å². The van der Waals surface area contributed by atoms with Gasteiger partial charge < -0.3 is 3.79 Å². The minimum absolute atomic E-state index is 0.869. The lowest BCUT2D eigenvalue weighted by atomic mass is 10.5.